The minimum Gasteiger partial charge on any atom is -0.342 e. The van der Waals surface area contributed by atoms with Crippen LogP contribution in [0, 0.1) is 23.2 Å². The molecule has 1 amide bonds. The van der Waals surface area contributed by atoms with Crippen molar-refractivity contribution in [3.05, 3.63) is 34.9 Å². The lowest BCUT2D eigenvalue weighted by Gasteiger charge is -2.25. The first-order valence-corrected chi connectivity index (χ1v) is 8.60. The minimum atomic E-state index is -0.566. The van der Waals surface area contributed by atoms with Gasteiger partial charge in [0.1, 0.15) is 5.92 Å². The van der Waals surface area contributed by atoms with Crippen molar-refractivity contribution in [1.82, 2.24) is 10.2 Å². The van der Waals surface area contributed by atoms with Crippen LogP contribution >= 0.6 is 0 Å². The molecule has 1 aromatic carbocycles. The van der Waals surface area contributed by atoms with E-state index in [0.717, 1.165) is 25.9 Å². The molecule has 0 spiro atoms. The zero-order valence-electron chi connectivity index (χ0n) is 14.4. The molecule has 0 aliphatic carbocycles. The first kappa shape index (κ1) is 17.5. The molecule has 1 heterocycles. The number of benzene rings is 1. The molecule has 1 aliphatic rings. The molecule has 2 rings (SSSR count). The highest BCUT2D eigenvalue weighted by Crippen LogP contribution is 2.22. The van der Waals surface area contributed by atoms with Crippen molar-refractivity contribution < 1.29 is 4.79 Å². The second-order valence-electron chi connectivity index (χ2n) is 6.33. The number of nitriles is 1. The Kier molecular flexibility index (Phi) is 6.18. The summed E-state index contributed by atoms with van der Waals surface area (Å²) >= 11 is 0. The maximum atomic E-state index is 12.5. The van der Waals surface area contributed by atoms with Gasteiger partial charge in [0.05, 0.1) is 6.07 Å². The smallest absolute Gasteiger partial charge is 0.240 e. The van der Waals surface area contributed by atoms with Gasteiger partial charge in [-0.15, -0.1) is 0 Å². The third-order valence-electron chi connectivity index (χ3n) is 4.76. The van der Waals surface area contributed by atoms with Gasteiger partial charge in [-0.1, -0.05) is 25.1 Å². The molecule has 0 aromatic heterocycles. The highest BCUT2D eigenvalue weighted by Gasteiger charge is 2.28. The number of nitrogens with one attached hydrogen (secondary N) is 1. The number of carbonyl (C=O) groups is 1. The van der Waals surface area contributed by atoms with Gasteiger partial charge < -0.3 is 10.2 Å². The lowest BCUT2D eigenvalue weighted by atomic mass is 9.86. The Balaban J connectivity index is 2.09. The van der Waals surface area contributed by atoms with E-state index >= 15 is 0 Å². The highest BCUT2D eigenvalue weighted by molar-refractivity contribution is 5.81. The molecular formula is C19H27N3O. The fourth-order valence-corrected chi connectivity index (χ4v) is 3.31. The zero-order chi connectivity index (χ0) is 16.8. The molecule has 23 heavy (non-hydrogen) atoms. The fourth-order valence-electron chi connectivity index (χ4n) is 3.31. The van der Waals surface area contributed by atoms with Crippen LogP contribution in [-0.2, 0) is 24.2 Å². The van der Waals surface area contributed by atoms with E-state index in [1.54, 1.807) is 4.90 Å². The average Bonchev–Trinajstić information content (AvgIpc) is 2.56. The molecule has 2 atom stereocenters. The van der Waals surface area contributed by atoms with Gasteiger partial charge in [-0.05, 0) is 55.8 Å². The Morgan fingerprint density at radius 2 is 2.09 bits per heavy atom. The third kappa shape index (κ3) is 4.11. The fraction of sp³-hybridized carbons (Fsp3) is 0.579. The SMILES string of the molecule is CCN(CC)C(=O)C(C#N)C(C)Cc1ccc2c(c1)CNCC2. The van der Waals surface area contributed by atoms with Crippen LogP contribution in [0.3, 0.4) is 0 Å². The molecule has 1 aliphatic heterocycles. The van der Waals surface area contributed by atoms with Crippen molar-refractivity contribution in [2.75, 3.05) is 19.6 Å². The van der Waals surface area contributed by atoms with Crippen LogP contribution in [0.15, 0.2) is 18.2 Å². The van der Waals surface area contributed by atoms with Crippen molar-refractivity contribution in [2.45, 2.75) is 40.2 Å². The molecule has 0 saturated carbocycles. The van der Waals surface area contributed by atoms with E-state index in [2.05, 4.69) is 29.6 Å². The number of nitrogens with zero attached hydrogens (tertiary/aromatic N) is 2. The molecule has 2 unspecified atom stereocenters. The molecule has 0 bridgehead atoms. The second-order valence-corrected chi connectivity index (χ2v) is 6.33. The van der Waals surface area contributed by atoms with Crippen molar-refractivity contribution in [3.8, 4) is 6.07 Å². The number of hydrogen-bond donors (Lipinski definition) is 1. The summed E-state index contributed by atoms with van der Waals surface area (Å²) in [5.74, 6) is -0.587. The van der Waals surface area contributed by atoms with Crippen LogP contribution in [-0.4, -0.2) is 30.4 Å². The van der Waals surface area contributed by atoms with Crippen molar-refractivity contribution in [1.29, 1.82) is 5.26 Å². The first-order valence-electron chi connectivity index (χ1n) is 8.60. The van der Waals surface area contributed by atoms with E-state index in [-0.39, 0.29) is 11.8 Å². The van der Waals surface area contributed by atoms with Crippen LogP contribution in [0.4, 0.5) is 0 Å². The van der Waals surface area contributed by atoms with E-state index in [1.165, 1.54) is 16.7 Å². The summed E-state index contributed by atoms with van der Waals surface area (Å²) in [7, 11) is 0. The summed E-state index contributed by atoms with van der Waals surface area (Å²) in [5.41, 5.74) is 3.98. The third-order valence-corrected chi connectivity index (χ3v) is 4.76. The molecule has 4 heteroatoms. The Morgan fingerprint density at radius 3 is 2.74 bits per heavy atom. The van der Waals surface area contributed by atoms with E-state index in [1.807, 2.05) is 20.8 Å². The van der Waals surface area contributed by atoms with Crippen molar-refractivity contribution >= 4 is 5.91 Å². The lowest BCUT2D eigenvalue weighted by molar-refractivity contribution is -0.134. The number of hydrogen-bond acceptors (Lipinski definition) is 3. The normalized spacial score (nSPS) is 16.1. The van der Waals surface area contributed by atoms with Crippen LogP contribution in [0.1, 0.15) is 37.5 Å². The topological polar surface area (TPSA) is 56.1 Å². The Morgan fingerprint density at radius 1 is 1.35 bits per heavy atom. The predicted octanol–water partition coefficient (Wildman–Crippen LogP) is 2.52. The van der Waals surface area contributed by atoms with E-state index in [4.69, 9.17) is 0 Å². The summed E-state index contributed by atoms with van der Waals surface area (Å²) < 4.78 is 0. The average molecular weight is 313 g/mol. The summed E-state index contributed by atoms with van der Waals surface area (Å²) in [6, 6.07) is 8.81. The summed E-state index contributed by atoms with van der Waals surface area (Å²) in [4.78, 5) is 14.2. The molecule has 0 radical (unpaired) electrons. The predicted molar refractivity (Wildman–Crippen MR) is 91.8 cm³/mol. The summed E-state index contributed by atoms with van der Waals surface area (Å²) in [5, 5.41) is 12.9. The first-order chi connectivity index (χ1) is 11.1. The zero-order valence-corrected chi connectivity index (χ0v) is 14.4. The Labute approximate surface area is 139 Å². The van der Waals surface area contributed by atoms with Crippen molar-refractivity contribution in [3.63, 3.8) is 0 Å². The molecular weight excluding hydrogens is 286 g/mol. The van der Waals surface area contributed by atoms with Gasteiger partial charge in [0, 0.05) is 19.6 Å². The Bertz CT molecular complexity index is 587. The lowest BCUT2D eigenvalue weighted by Crippen LogP contribution is -2.38. The van der Waals surface area contributed by atoms with E-state index in [9.17, 15) is 10.1 Å². The van der Waals surface area contributed by atoms with Crippen LogP contribution in [0.2, 0.25) is 0 Å². The molecule has 4 nitrogen and oxygen atoms in total. The minimum absolute atomic E-state index is 0.0164. The number of rotatable bonds is 6. The van der Waals surface area contributed by atoms with Gasteiger partial charge >= 0.3 is 0 Å². The van der Waals surface area contributed by atoms with Crippen LogP contribution in [0.25, 0.3) is 0 Å². The van der Waals surface area contributed by atoms with E-state index < -0.39 is 5.92 Å². The Hall–Kier alpha value is -1.86. The van der Waals surface area contributed by atoms with Crippen LogP contribution < -0.4 is 5.32 Å². The van der Waals surface area contributed by atoms with E-state index in [0.29, 0.717) is 13.1 Å². The maximum absolute atomic E-state index is 12.5. The van der Waals surface area contributed by atoms with Gasteiger partial charge in [-0.25, -0.2) is 0 Å². The maximum Gasteiger partial charge on any atom is 0.240 e. The largest absolute Gasteiger partial charge is 0.342 e. The molecule has 0 fully saturated rings. The van der Waals surface area contributed by atoms with Crippen LogP contribution in [0.5, 0.6) is 0 Å². The second kappa shape index (κ2) is 8.12. The number of carbonyl (C=O) groups excluding carboxylic acids is 1. The highest BCUT2D eigenvalue weighted by atomic mass is 16.2. The quantitative estimate of drug-likeness (QED) is 0.878. The molecule has 124 valence electrons. The standard InChI is InChI=1S/C19H27N3O/c1-4-22(5-2)19(23)18(12-20)14(3)10-15-6-7-16-8-9-21-13-17(16)11-15/h6-7,11,14,18,21H,4-5,8-10,13H2,1-3H3. The van der Waals surface area contributed by atoms with Gasteiger partial charge in [0.2, 0.25) is 5.91 Å². The molecule has 1 N–H and O–H groups in total. The van der Waals surface area contributed by atoms with Gasteiger partial charge in [-0.2, -0.15) is 5.26 Å². The van der Waals surface area contributed by atoms with Crippen molar-refractivity contribution in [2.24, 2.45) is 11.8 Å². The number of amides is 1. The summed E-state index contributed by atoms with van der Waals surface area (Å²) in [6.45, 7) is 9.19. The number of fused-ring (bicyclic) bond motifs is 1. The monoisotopic (exact) mass is 313 g/mol. The molecule has 1 aromatic rings. The van der Waals surface area contributed by atoms with Gasteiger partial charge in [0.25, 0.3) is 0 Å². The summed E-state index contributed by atoms with van der Waals surface area (Å²) in [6.07, 6.45) is 1.84. The van der Waals surface area contributed by atoms with Gasteiger partial charge in [0.15, 0.2) is 0 Å². The van der Waals surface area contributed by atoms with Gasteiger partial charge in [-0.3, -0.25) is 4.79 Å². The molecule has 0 saturated heterocycles.